The number of anilines is 3. The summed E-state index contributed by atoms with van der Waals surface area (Å²) in [6, 6.07) is 47.7. The zero-order valence-corrected chi connectivity index (χ0v) is 19.7. The van der Waals surface area contributed by atoms with Crippen molar-refractivity contribution in [2.75, 3.05) is 4.90 Å². The second kappa shape index (κ2) is 9.85. The molecule has 5 rings (SSSR count). The zero-order chi connectivity index (χ0) is 23.3. The van der Waals surface area contributed by atoms with E-state index in [9.17, 15) is 0 Å². The molecular formula is C32H28BN. The summed E-state index contributed by atoms with van der Waals surface area (Å²) in [4.78, 5) is 2.36. The van der Waals surface area contributed by atoms with Gasteiger partial charge in [-0.25, -0.2) is 0 Å². The summed E-state index contributed by atoms with van der Waals surface area (Å²) in [5, 5.41) is 0. The lowest BCUT2D eigenvalue weighted by molar-refractivity contribution is 1.28. The van der Waals surface area contributed by atoms with E-state index >= 15 is 0 Å². The highest BCUT2D eigenvalue weighted by Crippen LogP contribution is 2.40. The molecule has 0 spiro atoms. The monoisotopic (exact) mass is 437 g/mol. The van der Waals surface area contributed by atoms with Crippen LogP contribution in [-0.4, -0.2) is 6.71 Å². The Hall–Kier alpha value is -4.04. The van der Waals surface area contributed by atoms with E-state index < -0.39 is 0 Å². The van der Waals surface area contributed by atoms with E-state index in [0.717, 1.165) is 11.4 Å². The van der Waals surface area contributed by atoms with Crippen LogP contribution < -0.4 is 10.4 Å². The van der Waals surface area contributed by atoms with Crippen molar-refractivity contribution in [2.45, 2.75) is 13.6 Å². The van der Waals surface area contributed by atoms with Gasteiger partial charge in [0, 0.05) is 16.9 Å². The van der Waals surface area contributed by atoms with E-state index in [1.54, 1.807) is 0 Å². The highest BCUT2D eigenvalue weighted by Gasteiger charge is 2.17. The van der Waals surface area contributed by atoms with Crippen LogP contribution >= 0.6 is 0 Å². The third-order valence-electron chi connectivity index (χ3n) is 6.28. The smallest absolute Gasteiger partial charge is 0.169 e. The molecule has 2 heteroatoms. The summed E-state index contributed by atoms with van der Waals surface area (Å²) >= 11 is 0. The molecule has 0 saturated carbocycles. The fourth-order valence-electron chi connectivity index (χ4n) is 4.40. The molecule has 5 aromatic carbocycles. The quantitative estimate of drug-likeness (QED) is 0.241. The Bertz CT molecular complexity index is 1340. The van der Waals surface area contributed by atoms with Gasteiger partial charge < -0.3 is 4.90 Å². The van der Waals surface area contributed by atoms with E-state index in [0.29, 0.717) is 6.71 Å². The fourth-order valence-corrected chi connectivity index (χ4v) is 4.40. The molecule has 0 saturated heterocycles. The molecule has 0 aromatic heterocycles. The molecule has 0 aliphatic carbocycles. The second-order valence-electron chi connectivity index (χ2n) is 8.88. The summed E-state index contributed by atoms with van der Waals surface area (Å²) in [6.45, 7) is 4.98. The Balaban J connectivity index is 1.64. The van der Waals surface area contributed by atoms with Gasteiger partial charge in [0.05, 0.1) is 5.69 Å². The Morgan fingerprint density at radius 2 is 0.912 bits per heavy atom. The van der Waals surface area contributed by atoms with Crippen LogP contribution in [0.2, 0.25) is 13.6 Å². The molecule has 0 atom stereocenters. The lowest BCUT2D eigenvalue weighted by atomic mass is 9.49. The molecular weight excluding hydrogens is 409 g/mol. The molecule has 1 nitrogen and oxygen atoms in total. The summed E-state index contributed by atoms with van der Waals surface area (Å²) in [5.41, 5.74) is 9.67. The Morgan fingerprint density at radius 1 is 0.441 bits per heavy atom. The number of hydrogen-bond donors (Lipinski definition) is 0. The van der Waals surface area contributed by atoms with Gasteiger partial charge in [-0.15, -0.1) is 0 Å². The van der Waals surface area contributed by atoms with Gasteiger partial charge in [0.2, 0.25) is 0 Å². The van der Waals surface area contributed by atoms with Gasteiger partial charge in [-0.3, -0.25) is 0 Å². The first kappa shape index (κ1) is 21.8. The predicted octanol–water partition coefficient (Wildman–Crippen LogP) is 8.45. The minimum absolute atomic E-state index is 0.504. The van der Waals surface area contributed by atoms with Gasteiger partial charge in [0.1, 0.15) is 0 Å². The van der Waals surface area contributed by atoms with Crippen LogP contribution in [0.1, 0.15) is 0 Å². The minimum atomic E-state index is 0.504. The van der Waals surface area contributed by atoms with Crippen LogP contribution in [0.5, 0.6) is 0 Å². The van der Waals surface area contributed by atoms with E-state index in [-0.39, 0.29) is 0 Å². The maximum atomic E-state index is 2.36. The SMILES string of the molecule is CB(C)c1ccc(N(c2ccc(-c3ccccc3)cc2)c2ccccc2-c2ccccc2)cc1. The van der Waals surface area contributed by atoms with Crippen molar-refractivity contribution in [3.8, 4) is 22.3 Å². The van der Waals surface area contributed by atoms with Crippen LogP contribution in [-0.2, 0) is 0 Å². The molecule has 5 aromatic rings. The lowest BCUT2D eigenvalue weighted by Gasteiger charge is -2.28. The molecule has 0 unspecified atom stereocenters. The maximum Gasteiger partial charge on any atom is 0.169 e. The highest BCUT2D eigenvalue weighted by molar-refractivity contribution is 6.70. The maximum absolute atomic E-state index is 2.36. The number of nitrogens with zero attached hydrogens (tertiary/aromatic N) is 1. The molecule has 164 valence electrons. The predicted molar refractivity (Wildman–Crippen MR) is 149 cm³/mol. The molecule has 0 aliphatic heterocycles. The second-order valence-corrected chi connectivity index (χ2v) is 8.88. The Kier molecular flexibility index (Phi) is 6.31. The third-order valence-corrected chi connectivity index (χ3v) is 6.28. The van der Waals surface area contributed by atoms with Crippen LogP contribution in [0.15, 0.2) is 133 Å². The van der Waals surface area contributed by atoms with Crippen molar-refractivity contribution in [1.29, 1.82) is 0 Å². The number of benzene rings is 5. The van der Waals surface area contributed by atoms with Crippen molar-refractivity contribution < 1.29 is 0 Å². The first-order valence-electron chi connectivity index (χ1n) is 11.9. The minimum Gasteiger partial charge on any atom is -0.310 e. The normalized spacial score (nSPS) is 10.6. The van der Waals surface area contributed by atoms with Gasteiger partial charge in [-0.1, -0.05) is 122 Å². The van der Waals surface area contributed by atoms with Gasteiger partial charge in [-0.05, 0) is 47.0 Å². The van der Waals surface area contributed by atoms with E-state index in [4.69, 9.17) is 0 Å². The van der Waals surface area contributed by atoms with Gasteiger partial charge in [0.25, 0.3) is 0 Å². The largest absolute Gasteiger partial charge is 0.310 e. The molecule has 0 bridgehead atoms. The molecule has 0 heterocycles. The standard InChI is InChI=1S/C32H28BN/c1-33(2)28-19-23-30(24-20-28)34(29-21-17-26(18-22-29)25-11-5-3-6-12-25)32-16-10-9-15-31(32)27-13-7-4-8-14-27/h3-24H,1-2H3. The first-order chi connectivity index (χ1) is 16.7. The molecule has 0 N–H and O–H groups in total. The molecule has 0 aliphatic rings. The van der Waals surface area contributed by atoms with Crippen molar-refractivity contribution in [3.05, 3.63) is 133 Å². The lowest BCUT2D eigenvalue weighted by Crippen LogP contribution is -2.22. The number of rotatable bonds is 6. The summed E-state index contributed by atoms with van der Waals surface area (Å²) in [7, 11) is 0. The van der Waals surface area contributed by atoms with E-state index in [1.807, 2.05) is 0 Å². The van der Waals surface area contributed by atoms with Crippen molar-refractivity contribution >= 4 is 29.2 Å². The van der Waals surface area contributed by atoms with Gasteiger partial charge in [-0.2, -0.15) is 0 Å². The topological polar surface area (TPSA) is 3.24 Å². The van der Waals surface area contributed by atoms with E-state index in [1.165, 1.54) is 33.4 Å². The third kappa shape index (κ3) is 4.53. The van der Waals surface area contributed by atoms with Gasteiger partial charge in [0.15, 0.2) is 6.71 Å². The number of hydrogen-bond acceptors (Lipinski definition) is 1. The average molecular weight is 437 g/mol. The van der Waals surface area contributed by atoms with Crippen molar-refractivity contribution in [1.82, 2.24) is 0 Å². The fraction of sp³-hybridized carbons (Fsp3) is 0.0625. The highest BCUT2D eigenvalue weighted by atomic mass is 15.1. The van der Waals surface area contributed by atoms with Crippen LogP contribution in [0, 0.1) is 0 Å². The average Bonchev–Trinajstić information content (AvgIpc) is 2.91. The summed E-state index contributed by atoms with van der Waals surface area (Å²) in [6.07, 6.45) is 0. The summed E-state index contributed by atoms with van der Waals surface area (Å²) < 4.78 is 0. The number of para-hydroxylation sites is 1. The zero-order valence-electron chi connectivity index (χ0n) is 19.7. The van der Waals surface area contributed by atoms with Crippen molar-refractivity contribution in [2.24, 2.45) is 0 Å². The van der Waals surface area contributed by atoms with E-state index in [2.05, 4.69) is 152 Å². The van der Waals surface area contributed by atoms with Crippen LogP contribution in [0.25, 0.3) is 22.3 Å². The molecule has 34 heavy (non-hydrogen) atoms. The van der Waals surface area contributed by atoms with Crippen LogP contribution in [0.3, 0.4) is 0 Å². The summed E-state index contributed by atoms with van der Waals surface area (Å²) in [5.74, 6) is 0. The molecule has 0 radical (unpaired) electrons. The Labute approximate surface area is 203 Å². The Morgan fingerprint density at radius 3 is 1.50 bits per heavy atom. The van der Waals surface area contributed by atoms with Gasteiger partial charge >= 0.3 is 0 Å². The molecule has 0 amide bonds. The van der Waals surface area contributed by atoms with Crippen LogP contribution in [0.4, 0.5) is 17.1 Å². The first-order valence-corrected chi connectivity index (χ1v) is 11.9. The molecule has 0 fully saturated rings. The van der Waals surface area contributed by atoms with Crippen molar-refractivity contribution in [3.63, 3.8) is 0 Å².